The van der Waals surface area contributed by atoms with Crippen LogP contribution in [0.3, 0.4) is 0 Å². The van der Waals surface area contributed by atoms with E-state index in [9.17, 15) is 14.7 Å². The van der Waals surface area contributed by atoms with E-state index < -0.39 is 5.91 Å². The predicted octanol–water partition coefficient (Wildman–Crippen LogP) is 4.00. The molecule has 0 atom stereocenters. The number of carbonyl (C=O) groups is 2. The Labute approximate surface area is 130 Å². The van der Waals surface area contributed by atoms with Crippen molar-refractivity contribution in [3.63, 3.8) is 0 Å². The fraction of sp³-hybridized carbons (Fsp3) is 0.125. The number of anilines is 1. The number of nitrogens with one attached hydrogen (secondary N) is 1. The Balaban J connectivity index is 2.26. The van der Waals surface area contributed by atoms with Gasteiger partial charge in [-0.15, -0.1) is 0 Å². The van der Waals surface area contributed by atoms with E-state index in [0.717, 1.165) is 4.47 Å². The van der Waals surface area contributed by atoms with Crippen LogP contribution in [-0.2, 0) is 0 Å². The maximum Gasteiger partial charge on any atom is 0.259 e. The van der Waals surface area contributed by atoms with Gasteiger partial charge in [0.25, 0.3) is 5.91 Å². The Morgan fingerprint density at radius 3 is 2.43 bits per heavy atom. The lowest BCUT2D eigenvalue weighted by atomic mass is 10.0. The summed E-state index contributed by atoms with van der Waals surface area (Å²) in [5, 5.41) is 12.5. The van der Waals surface area contributed by atoms with Gasteiger partial charge in [0.1, 0.15) is 5.75 Å². The van der Waals surface area contributed by atoms with Gasteiger partial charge in [-0.25, -0.2) is 0 Å². The molecule has 2 N–H and O–H groups in total. The van der Waals surface area contributed by atoms with Gasteiger partial charge in [-0.05, 0) is 42.5 Å². The summed E-state index contributed by atoms with van der Waals surface area (Å²) in [6, 6.07) is 11.4. The first kappa shape index (κ1) is 15.3. The van der Waals surface area contributed by atoms with Crippen LogP contribution >= 0.6 is 15.9 Å². The van der Waals surface area contributed by atoms with Gasteiger partial charge >= 0.3 is 0 Å². The van der Waals surface area contributed by atoms with Crippen molar-refractivity contribution in [3.8, 4) is 5.75 Å². The molecule has 0 spiro atoms. The molecule has 0 radical (unpaired) electrons. The van der Waals surface area contributed by atoms with Crippen LogP contribution in [0.2, 0.25) is 0 Å². The third-order valence-electron chi connectivity index (χ3n) is 2.99. The number of hydrogen-bond acceptors (Lipinski definition) is 3. The third-order valence-corrected chi connectivity index (χ3v) is 3.52. The number of phenols is 1. The van der Waals surface area contributed by atoms with Crippen LogP contribution in [-0.4, -0.2) is 16.8 Å². The summed E-state index contributed by atoms with van der Waals surface area (Å²) in [5.74, 6) is -0.689. The molecule has 0 aliphatic carbocycles. The van der Waals surface area contributed by atoms with Crippen molar-refractivity contribution in [3.05, 3.63) is 58.1 Å². The molecule has 0 aromatic heterocycles. The molecule has 108 valence electrons. The predicted molar refractivity (Wildman–Crippen MR) is 84.8 cm³/mol. The smallest absolute Gasteiger partial charge is 0.259 e. The molecule has 0 bridgehead atoms. The molecule has 2 rings (SSSR count). The van der Waals surface area contributed by atoms with Crippen molar-refractivity contribution < 1.29 is 14.7 Å². The maximum absolute atomic E-state index is 12.2. The number of Topliss-reactive ketones (excluding diaryl/α,β-unsaturated/α-hetero) is 1. The molecule has 1 amide bonds. The number of carbonyl (C=O) groups excluding carboxylic acids is 2. The molecule has 2 aromatic rings. The topological polar surface area (TPSA) is 66.4 Å². The molecule has 2 aromatic carbocycles. The van der Waals surface area contributed by atoms with Gasteiger partial charge < -0.3 is 10.4 Å². The number of hydrogen-bond donors (Lipinski definition) is 2. The zero-order valence-corrected chi connectivity index (χ0v) is 13.0. The largest absolute Gasteiger partial charge is 0.507 e. The molecule has 0 saturated heterocycles. The Hall–Kier alpha value is -2.14. The summed E-state index contributed by atoms with van der Waals surface area (Å²) >= 11 is 3.31. The molecule has 0 heterocycles. The average Bonchev–Trinajstić information content (AvgIpc) is 2.49. The lowest BCUT2D eigenvalue weighted by Gasteiger charge is -2.08. The molecule has 0 fully saturated rings. The van der Waals surface area contributed by atoms with Crippen LogP contribution in [0, 0.1) is 0 Å². The number of halogens is 1. The van der Waals surface area contributed by atoms with Crippen LogP contribution < -0.4 is 5.32 Å². The van der Waals surface area contributed by atoms with E-state index in [1.165, 1.54) is 18.2 Å². The number of phenolic OH excluding ortho intramolecular Hbond substituents is 1. The van der Waals surface area contributed by atoms with Crippen LogP contribution in [0.25, 0.3) is 0 Å². The highest BCUT2D eigenvalue weighted by Gasteiger charge is 2.14. The third kappa shape index (κ3) is 3.70. The first-order valence-corrected chi connectivity index (χ1v) is 7.23. The van der Waals surface area contributed by atoms with Crippen molar-refractivity contribution in [2.45, 2.75) is 13.3 Å². The Bertz CT molecular complexity index is 680. The maximum atomic E-state index is 12.2. The van der Waals surface area contributed by atoms with Gasteiger partial charge in [0.2, 0.25) is 0 Å². The monoisotopic (exact) mass is 347 g/mol. The van der Waals surface area contributed by atoms with Crippen LogP contribution in [0.5, 0.6) is 5.75 Å². The zero-order valence-electron chi connectivity index (χ0n) is 11.4. The fourth-order valence-corrected chi connectivity index (χ4v) is 2.09. The van der Waals surface area contributed by atoms with Crippen molar-refractivity contribution >= 4 is 33.3 Å². The average molecular weight is 348 g/mol. The van der Waals surface area contributed by atoms with Gasteiger partial charge in [-0.1, -0.05) is 22.9 Å². The van der Waals surface area contributed by atoms with Crippen molar-refractivity contribution in [1.29, 1.82) is 0 Å². The summed E-state index contributed by atoms with van der Waals surface area (Å²) < 4.78 is 0.902. The molecule has 21 heavy (non-hydrogen) atoms. The minimum atomic E-state index is -0.458. The molecule has 0 aliphatic heterocycles. The zero-order chi connectivity index (χ0) is 15.4. The summed E-state index contributed by atoms with van der Waals surface area (Å²) in [7, 11) is 0. The highest BCUT2D eigenvalue weighted by molar-refractivity contribution is 9.10. The number of ketones is 1. The molecule has 0 unspecified atom stereocenters. The Kier molecular flexibility index (Phi) is 4.75. The number of rotatable bonds is 4. The van der Waals surface area contributed by atoms with E-state index in [4.69, 9.17) is 0 Å². The molecular weight excluding hydrogens is 334 g/mol. The van der Waals surface area contributed by atoms with Crippen LogP contribution in [0.15, 0.2) is 46.9 Å². The molecule has 4 nitrogen and oxygen atoms in total. The van der Waals surface area contributed by atoms with Gasteiger partial charge in [-0.3, -0.25) is 9.59 Å². The van der Waals surface area contributed by atoms with E-state index in [2.05, 4.69) is 21.2 Å². The Morgan fingerprint density at radius 1 is 1.14 bits per heavy atom. The fourth-order valence-electron chi connectivity index (χ4n) is 1.83. The van der Waals surface area contributed by atoms with Gasteiger partial charge in [0.15, 0.2) is 5.78 Å². The quantitative estimate of drug-likeness (QED) is 0.821. The van der Waals surface area contributed by atoms with Crippen LogP contribution in [0.4, 0.5) is 5.69 Å². The minimum absolute atomic E-state index is 0.0762. The van der Waals surface area contributed by atoms with Gasteiger partial charge in [-0.2, -0.15) is 0 Å². The molecular formula is C16H14BrNO3. The highest BCUT2D eigenvalue weighted by atomic mass is 79.9. The molecule has 0 aliphatic rings. The van der Waals surface area contributed by atoms with E-state index in [-0.39, 0.29) is 17.1 Å². The first-order chi connectivity index (χ1) is 10.0. The second-order valence-electron chi connectivity index (χ2n) is 4.47. The molecule has 5 heteroatoms. The first-order valence-electron chi connectivity index (χ1n) is 6.44. The summed E-state index contributed by atoms with van der Waals surface area (Å²) in [6.07, 6.45) is 0.346. The lowest BCUT2D eigenvalue weighted by Crippen LogP contribution is -2.13. The summed E-state index contributed by atoms with van der Waals surface area (Å²) in [4.78, 5) is 23.9. The number of benzene rings is 2. The van der Waals surface area contributed by atoms with Crippen LogP contribution in [0.1, 0.15) is 34.1 Å². The number of aromatic hydroxyl groups is 1. The normalized spacial score (nSPS) is 10.2. The number of amides is 1. The minimum Gasteiger partial charge on any atom is -0.507 e. The van der Waals surface area contributed by atoms with Crippen molar-refractivity contribution in [2.24, 2.45) is 0 Å². The van der Waals surface area contributed by atoms with E-state index in [1.807, 2.05) is 0 Å². The van der Waals surface area contributed by atoms with E-state index in [1.54, 1.807) is 31.2 Å². The summed E-state index contributed by atoms with van der Waals surface area (Å²) in [5.41, 5.74) is 1.10. The lowest BCUT2D eigenvalue weighted by molar-refractivity contribution is 0.0988. The van der Waals surface area contributed by atoms with E-state index in [0.29, 0.717) is 17.7 Å². The second kappa shape index (κ2) is 6.54. The van der Waals surface area contributed by atoms with Crippen molar-refractivity contribution in [1.82, 2.24) is 0 Å². The summed E-state index contributed by atoms with van der Waals surface area (Å²) in [6.45, 7) is 1.75. The highest BCUT2D eigenvalue weighted by Crippen LogP contribution is 2.21. The standard InChI is InChI=1S/C16H14BrNO3/c1-2-14(19)10-3-8-15(20)13(9-10)16(21)18-12-6-4-11(17)5-7-12/h3-9,20H,2H2,1H3,(H,18,21). The van der Waals surface area contributed by atoms with Crippen molar-refractivity contribution in [2.75, 3.05) is 5.32 Å². The molecule has 0 saturated carbocycles. The van der Waals surface area contributed by atoms with Gasteiger partial charge in [0.05, 0.1) is 5.56 Å². The Morgan fingerprint density at radius 2 is 1.81 bits per heavy atom. The van der Waals surface area contributed by atoms with E-state index >= 15 is 0 Å². The second-order valence-corrected chi connectivity index (χ2v) is 5.39. The SMILES string of the molecule is CCC(=O)c1ccc(O)c(C(=O)Nc2ccc(Br)cc2)c1. The van der Waals surface area contributed by atoms with Gasteiger partial charge in [0, 0.05) is 22.1 Å².